The Morgan fingerprint density at radius 3 is 2.80 bits per heavy atom. The Labute approximate surface area is 114 Å². The zero-order valence-electron chi connectivity index (χ0n) is 10.6. The van der Waals surface area contributed by atoms with Gasteiger partial charge in [-0.1, -0.05) is 0 Å². The second-order valence-corrected chi connectivity index (χ2v) is 3.70. The van der Waals surface area contributed by atoms with Crippen molar-refractivity contribution in [3.63, 3.8) is 0 Å². The van der Waals surface area contributed by atoms with Crippen molar-refractivity contribution in [3.8, 4) is 0 Å². The largest absolute Gasteiger partial charge is 0.466 e. The predicted octanol–water partition coefficient (Wildman–Crippen LogP) is 3.15. The number of carbonyl (C=O) groups excluding carboxylic acids is 1. The minimum Gasteiger partial charge on any atom is -0.466 e. The first kappa shape index (κ1) is 13.6. The molecular formula is C13H11FN4O2. The summed E-state index contributed by atoms with van der Waals surface area (Å²) < 4.78 is 17.2. The van der Waals surface area contributed by atoms with Gasteiger partial charge in [0.2, 0.25) is 5.95 Å². The van der Waals surface area contributed by atoms with Gasteiger partial charge in [0.15, 0.2) is 0 Å². The van der Waals surface area contributed by atoms with E-state index in [1.165, 1.54) is 49.7 Å². The van der Waals surface area contributed by atoms with E-state index in [2.05, 4.69) is 24.9 Å². The number of esters is 1. The number of nitrogens with zero attached hydrogens (tertiary/aromatic N) is 3. The molecule has 1 aromatic heterocycles. The highest BCUT2D eigenvalue weighted by molar-refractivity contribution is 5.86. The first-order valence-electron chi connectivity index (χ1n) is 5.66. The topological polar surface area (TPSA) is 79.7 Å². The molecule has 0 amide bonds. The Morgan fingerprint density at radius 1 is 1.35 bits per heavy atom. The molecule has 0 saturated heterocycles. The molecule has 0 aliphatic rings. The molecule has 2 aromatic rings. The third kappa shape index (κ3) is 3.84. The van der Waals surface area contributed by atoms with Crippen molar-refractivity contribution in [2.24, 2.45) is 10.2 Å². The van der Waals surface area contributed by atoms with Gasteiger partial charge in [-0.25, -0.2) is 14.2 Å². The number of H-pyrrole nitrogens is 1. The van der Waals surface area contributed by atoms with Gasteiger partial charge in [0.05, 0.1) is 24.7 Å². The molecule has 0 atom stereocenters. The number of halogens is 1. The summed E-state index contributed by atoms with van der Waals surface area (Å²) in [5, 5.41) is 7.75. The van der Waals surface area contributed by atoms with Gasteiger partial charge in [0, 0.05) is 6.08 Å². The van der Waals surface area contributed by atoms with Crippen LogP contribution in [0.3, 0.4) is 0 Å². The second kappa shape index (κ2) is 6.37. The zero-order chi connectivity index (χ0) is 14.4. The molecule has 102 valence electrons. The Balaban J connectivity index is 2.04. The van der Waals surface area contributed by atoms with Crippen LogP contribution in [0, 0.1) is 5.82 Å². The molecule has 7 heteroatoms. The monoisotopic (exact) mass is 274 g/mol. The molecule has 0 bridgehead atoms. The van der Waals surface area contributed by atoms with Crippen LogP contribution in [0.4, 0.5) is 16.0 Å². The number of hydrogen-bond acceptors (Lipinski definition) is 5. The Kier molecular flexibility index (Phi) is 4.33. The van der Waals surface area contributed by atoms with Crippen LogP contribution in [-0.2, 0) is 9.53 Å². The fraction of sp³-hybridized carbons (Fsp3) is 0.0769. The molecule has 0 aliphatic heterocycles. The van der Waals surface area contributed by atoms with Gasteiger partial charge in [-0.2, -0.15) is 0 Å². The van der Waals surface area contributed by atoms with Gasteiger partial charge in [0.25, 0.3) is 0 Å². The van der Waals surface area contributed by atoms with Crippen LogP contribution in [-0.4, -0.2) is 23.0 Å². The van der Waals surface area contributed by atoms with E-state index in [0.29, 0.717) is 11.4 Å². The minimum atomic E-state index is -0.464. The van der Waals surface area contributed by atoms with E-state index >= 15 is 0 Å². The number of imidazole rings is 1. The number of carbonyl (C=O) groups is 1. The number of hydrogen-bond donors (Lipinski definition) is 1. The summed E-state index contributed by atoms with van der Waals surface area (Å²) in [5.74, 6) is -0.523. The van der Waals surface area contributed by atoms with Crippen LogP contribution in [0.15, 0.2) is 46.8 Å². The first-order valence-corrected chi connectivity index (χ1v) is 5.66. The number of benzene rings is 1. The van der Waals surface area contributed by atoms with Crippen LogP contribution in [0.25, 0.3) is 6.08 Å². The van der Waals surface area contributed by atoms with Crippen molar-refractivity contribution in [3.05, 3.63) is 48.0 Å². The van der Waals surface area contributed by atoms with E-state index < -0.39 is 5.97 Å². The van der Waals surface area contributed by atoms with Crippen LogP contribution in [0.2, 0.25) is 0 Å². The van der Waals surface area contributed by atoms with Gasteiger partial charge in [-0.15, -0.1) is 10.2 Å². The lowest BCUT2D eigenvalue weighted by Gasteiger charge is -1.90. The standard InChI is InChI=1S/C13H11FN4O2/c1-20-12(19)7-6-11-8-15-13(16-11)18-17-10-4-2-9(14)3-5-10/h2-8H,1H3,(H,15,16)/b7-6+,18-17?. The molecule has 1 heterocycles. The maximum absolute atomic E-state index is 12.7. The Morgan fingerprint density at radius 2 is 2.10 bits per heavy atom. The molecule has 0 fully saturated rings. The average Bonchev–Trinajstić information content (AvgIpc) is 2.92. The van der Waals surface area contributed by atoms with Crippen LogP contribution >= 0.6 is 0 Å². The van der Waals surface area contributed by atoms with Crippen LogP contribution in [0.5, 0.6) is 0 Å². The lowest BCUT2D eigenvalue weighted by Crippen LogP contribution is -1.93. The Hall–Kier alpha value is -2.83. The molecule has 2 rings (SSSR count). The lowest BCUT2D eigenvalue weighted by molar-refractivity contribution is -0.134. The van der Waals surface area contributed by atoms with E-state index in [9.17, 15) is 9.18 Å². The second-order valence-electron chi connectivity index (χ2n) is 3.70. The number of aromatic nitrogens is 2. The number of ether oxygens (including phenoxy) is 1. The third-order valence-corrected chi connectivity index (χ3v) is 2.27. The number of methoxy groups -OCH3 is 1. The fourth-order valence-corrected chi connectivity index (χ4v) is 1.30. The Bertz CT molecular complexity index is 647. The van der Waals surface area contributed by atoms with Gasteiger partial charge in [0.1, 0.15) is 5.82 Å². The van der Waals surface area contributed by atoms with Crippen molar-refractivity contribution in [1.29, 1.82) is 0 Å². The summed E-state index contributed by atoms with van der Waals surface area (Å²) in [5.41, 5.74) is 1.10. The van der Waals surface area contributed by atoms with E-state index in [4.69, 9.17) is 0 Å². The highest BCUT2D eigenvalue weighted by Crippen LogP contribution is 2.16. The maximum Gasteiger partial charge on any atom is 0.330 e. The minimum absolute atomic E-state index is 0.277. The summed E-state index contributed by atoms with van der Waals surface area (Å²) in [6, 6.07) is 5.59. The molecule has 0 saturated carbocycles. The molecule has 1 aromatic carbocycles. The van der Waals surface area contributed by atoms with E-state index in [1.54, 1.807) is 0 Å². The van der Waals surface area contributed by atoms with Gasteiger partial charge in [-0.3, -0.25) is 0 Å². The van der Waals surface area contributed by atoms with Crippen LogP contribution < -0.4 is 0 Å². The summed E-state index contributed by atoms with van der Waals surface area (Å²) >= 11 is 0. The molecule has 0 radical (unpaired) electrons. The molecule has 20 heavy (non-hydrogen) atoms. The van der Waals surface area contributed by atoms with Crippen molar-refractivity contribution in [2.45, 2.75) is 0 Å². The van der Waals surface area contributed by atoms with Gasteiger partial charge >= 0.3 is 5.97 Å². The van der Waals surface area contributed by atoms with Crippen molar-refractivity contribution >= 4 is 23.7 Å². The van der Waals surface area contributed by atoms with E-state index in [1.807, 2.05) is 0 Å². The van der Waals surface area contributed by atoms with Crippen molar-refractivity contribution < 1.29 is 13.9 Å². The highest BCUT2D eigenvalue weighted by atomic mass is 19.1. The lowest BCUT2D eigenvalue weighted by atomic mass is 10.3. The SMILES string of the molecule is COC(=O)/C=C/c1cnc(N=Nc2ccc(F)cc2)[nH]1. The molecule has 6 nitrogen and oxygen atoms in total. The van der Waals surface area contributed by atoms with Crippen molar-refractivity contribution in [1.82, 2.24) is 9.97 Å². The quantitative estimate of drug-likeness (QED) is 0.528. The summed E-state index contributed by atoms with van der Waals surface area (Å²) in [7, 11) is 1.29. The third-order valence-electron chi connectivity index (χ3n) is 2.27. The molecular weight excluding hydrogens is 263 g/mol. The normalized spacial score (nSPS) is 11.3. The fourth-order valence-electron chi connectivity index (χ4n) is 1.30. The highest BCUT2D eigenvalue weighted by Gasteiger charge is 1.98. The molecule has 1 N–H and O–H groups in total. The average molecular weight is 274 g/mol. The first-order chi connectivity index (χ1) is 9.67. The molecule has 0 unspecified atom stereocenters. The summed E-state index contributed by atoms with van der Waals surface area (Å²) in [4.78, 5) is 17.7. The smallest absolute Gasteiger partial charge is 0.330 e. The van der Waals surface area contributed by atoms with Gasteiger partial charge in [-0.05, 0) is 30.3 Å². The van der Waals surface area contributed by atoms with E-state index in [-0.39, 0.29) is 11.8 Å². The number of nitrogens with one attached hydrogen (secondary N) is 1. The summed E-state index contributed by atoms with van der Waals surface area (Å²) in [6.07, 6.45) is 4.27. The molecule has 0 aliphatic carbocycles. The number of rotatable bonds is 4. The number of azo groups is 1. The summed E-state index contributed by atoms with van der Waals surface area (Å²) in [6.45, 7) is 0. The van der Waals surface area contributed by atoms with E-state index in [0.717, 1.165) is 0 Å². The maximum atomic E-state index is 12.7. The van der Waals surface area contributed by atoms with Crippen molar-refractivity contribution in [2.75, 3.05) is 7.11 Å². The van der Waals surface area contributed by atoms with Crippen LogP contribution in [0.1, 0.15) is 5.69 Å². The molecule has 0 spiro atoms. The van der Waals surface area contributed by atoms with Gasteiger partial charge < -0.3 is 9.72 Å². The predicted molar refractivity (Wildman–Crippen MR) is 70.2 cm³/mol. The zero-order valence-corrected chi connectivity index (χ0v) is 10.6. The number of aromatic amines is 1.